The monoisotopic (exact) mass is 529 g/mol. The van der Waals surface area contributed by atoms with E-state index < -0.39 is 55.0 Å². The zero-order valence-corrected chi connectivity index (χ0v) is 20.7. The average Bonchev–Trinajstić information content (AvgIpc) is 3.25. The Labute approximate surface area is 219 Å². The molecule has 1 aliphatic rings. The lowest BCUT2D eigenvalue weighted by atomic mass is 10.00. The van der Waals surface area contributed by atoms with Gasteiger partial charge >= 0.3 is 6.09 Å². The number of nitrogens with one attached hydrogen (secondary N) is 2. The molecule has 1 aliphatic heterocycles. The van der Waals surface area contributed by atoms with Gasteiger partial charge in [-0.3, -0.25) is 9.59 Å². The van der Waals surface area contributed by atoms with Gasteiger partial charge in [0.15, 0.2) is 12.7 Å². The van der Waals surface area contributed by atoms with Crippen molar-refractivity contribution in [1.82, 2.24) is 15.5 Å². The highest BCUT2D eigenvalue weighted by Gasteiger charge is 2.51. The summed E-state index contributed by atoms with van der Waals surface area (Å²) in [5.41, 5.74) is 1.32. The van der Waals surface area contributed by atoms with E-state index in [2.05, 4.69) is 16.6 Å². The van der Waals surface area contributed by atoms with Crippen LogP contribution >= 0.6 is 0 Å². The molecule has 0 spiro atoms. The summed E-state index contributed by atoms with van der Waals surface area (Å²) in [6, 6.07) is 12.7. The van der Waals surface area contributed by atoms with Crippen molar-refractivity contribution in [2.45, 2.75) is 43.5 Å². The Hall–Kier alpha value is -4.17. The fourth-order valence-corrected chi connectivity index (χ4v) is 4.12. The van der Waals surface area contributed by atoms with Gasteiger partial charge in [0.1, 0.15) is 11.8 Å². The molecule has 3 N–H and O–H groups in total. The van der Waals surface area contributed by atoms with Gasteiger partial charge < -0.3 is 30.1 Å². The molecule has 0 unspecified atom stereocenters. The Bertz CT molecular complexity index is 1170. The Balaban J connectivity index is 1.75. The Morgan fingerprint density at radius 1 is 1.18 bits per heavy atom. The lowest BCUT2D eigenvalue weighted by Gasteiger charge is -2.29. The summed E-state index contributed by atoms with van der Waals surface area (Å²) in [6.45, 7) is -1.39. The molecule has 11 heteroatoms. The molecule has 3 atom stereocenters. The van der Waals surface area contributed by atoms with Crippen molar-refractivity contribution >= 4 is 17.9 Å². The molecule has 202 valence electrons. The summed E-state index contributed by atoms with van der Waals surface area (Å²) in [5, 5.41) is 15.9. The maximum Gasteiger partial charge on any atom is 0.408 e. The number of hydrogen-bond donors (Lipinski definition) is 3. The maximum atomic E-state index is 14.4. The minimum Gasteiger partial charge on any atom is -0.497 e. The van der Waals surface area contributed by atoms with Crippen LogP contribution in [0.15, 0.2) is 54.6 Å². The van der Waals surface area contributed by atoms with Gasteiger partial charge in [0, 0.05) is 13.0 Å². The van der Waals surface area contributed by atoms with E-state index in [1.165, 1.54) is 7.11 Å². The van der Waals surface area contributed by atoms with Crippen LogP contribution in [0.3, 0.4) is 0 Å². The van der Waals surface area contributed by atoms with Gasteiger partial charge in [-0.2, -0.15) is 0 Å². The molecular formula is C27H29F2N3O6. The predicted octanol–water partition coefficient (Wildman–Crippen LogP) is 1.88. The van der Waals surface area contributed by atoms with Crippen molar-refractivity contribution in [3.8, 4) is 18.1 Å². The first-order valence-electron chi connectivity index (χ1n) is 11.8. The number of terminal acetylenes is 1. The predicted molar refractivity (Wildman–Crippen MR) is 133 cm³/mol. The number of methoxy groups -OCH3 is 1. The van der Waals surface area contributed by atoms with E-state index in [9.17, 15) is 28.3 Å². The minimum atomic E-state index is -3.35. The number of benzene rings is 2. The minimum absolute atomic E-state index is 0.0158. The Morgan fingerprint density at radius 3 is 2.58 bits per heavy atom. The number of carbonyl (C=O) groups is 3. The fraction of sp³-hybridized carbons (Fsp3) is 0.370. The van der Waals surface area contributed by atoms with Gasteiger partial charge in [0.25, 0.3) is 11.8 Å². The second-order valence-electron chi connectivity index (χ2n) is 8.78. The third-order valence-corrected chi connectivity index (χ3v) is 5.98. The van der Waals surface area contributed by atoms with Crippen molar-refractivity contribution in [3.05, 3.63) is 65.7 Å². The van der Waals surface area contributed by atoms with E-state index in [4.69, 9.17) is 15.9 Å². The first-order valence-corrected chi connectivity index (χ1v) is 11.8. The molecule has 2 aromatic carbocycles. The van der Waals surface area contributed by atoms with E-state index in [0.29, 0.717) is 21.8 Å². The average molecular weight is 530 g/mol. The van der Waals surface area contributed by atoms with Crippen LogP contribution in [0.4, 0.5) is 13.6 Å². The van der Waals surface area contributed by atoms with Gasteiger partial charge in [-0.25, -0.2) is 13.6 Å². The largest absolute Gasteiger partial charge is 0.497 e. The van der Waals surface area contributed by atoms with Gasteiger partial charge in [-0.05, 0) is 29.7 Å². The van der Waals surface area contributed by atoms with Crippen LogP contribution in [0.2, 0.25) is 0 Å². The highest BCUT2D eigenvalue weighted by molar-refractivity contribution is 5.90. The summed E-state index contributed by atoms with van der Waals surface area (Å²) in [6.07, 6.45) is 1.22. The third kappa shape index (κ3) is 7.66. The maximum absolute atomic E-state index is 14.4. The van der Waals surface area contributed by atoms with Crippen LogP contribution in [0, 0.1) is 12.3 Å². The molecule has 1 saturated heterocycles. The molecule has 1 fully saturated rings. The first-order chi connectivity index (χ1) is 18.1. The zero-order valence-electron chi connectivity index (χ0n) is 20.7. The topological polar surface area (TPSA) is 117 Å². The lowest BCUT2D eigenvalue weighted by molar-refractivity contribution is -0.147. The number of aliphatic hydroxyl groups is 1. The molecule has 1 heterocycles. The zero-order chi connectivity index (χ0) is 27.7. The molecule has 0 saturated carbocycles. The number of alkyl halides is 2. The molecule has 0 radical (unpaired) electrons. The number of alkyl carbamates (subject to hydrolysis) is 1. The summed E-state index contributed by atoms with van der Waals surface area (Å²) in [5.74, 6) is -2.59. The molecule has 0 aliphatic carbocycles. The van der Waals surface area contributed by atoms with Crippen LogP contribution in [0.5, 0.6) is 5.75 Å². The first kappa shape index (κ1) is 28.4. The van der Waals surface area contributed by atoms with Crippen molar-refractivity contribution in [3.63, 3.8) is 0 Å². The number of halogens is 2. The number of ether oxygens (including phenoxy) is 2. The SMILES string of the molecule is C#CCOC(=O)N[C@@H](Cc1ccccc1)[C@H](O)C(=O)N1CC(F)(F)C[C@H]1C(=O)NCc1cccc(OC)c1. The summed E-state index contributed by atoms with van der Waals surface area (Å²) in [4.78, 5) is 38.9. The van der Waals surface area contributed by atoms with Gasteiger partial charge in [-0.1, -0.05) is 48.4 Å². The van der Waals surface area contributed by atoms with Gasteiger partial charge in [-0.15, -0.1) is 6.42 Å². The number of aliphatic hydroxyl groups excluding tert-OH is 1. The molecule has 38 heavy (non-hydrogen) atoms. The Kier molecular flexibility index (Phi) is 9.62. The molecule has 9 nitrogen and oxygen atoms in total. The van der Waals surface area contributed by atoms with E-state index in [-0.39, 0.29) is 19.6 Å². The Morgan fingerprint density at radius 2 is 1.89 bits per heavy atom. The van der Waals surface area contributed by atoms with Gasteiger partial charge in [0.2, 0.25) is 5.91 Å². The number of nitrogens with zero attached hydrogens (tertiary/aromatic N) is 1. The normalized spacial score (nSPS) is 17.6. The highest BCUT2D eigenvalue weighted by Crippen LogP contribution is 2.33. The fourth-order valence-electron chi connectivity index (χ4n) is 4.12. The van der Waals surface area contributed by atoms with Crippen molar-refractivity contribution < 1.29 is 37.7 Å². The van der Waals surface area contributed by atoms with E-state index in [1.54, 1.807) is 54.6 Å². The highest BCUT2D eigenvalue weighted by atomic mass is 19.3. The van der Waals surface area contributed by atoms with Crippen molar-refractivity contribution in [1.29, 1.82) is 0 Å². The third-order valence-electron chi connectivity index (χ3n) is 5.98. The molecule has 0 bridgehead atoms. The number of rotatable bonds is 10. The van der Waals surface area contributed by atoms with Crippen LogP contribution < -0.4 is 15.4 Å². The molecular weight excluding hydrogens is 500 g/mol. The summed E-state index contributed by atoms with van der Waals surface area (Å²) < 4.78 is 38.7. The second-order valence-corrected chi connectivity index (χ2v) is 8.78. The molecule has 0 aromatic heterocycles. The van der Waals surface area contributed by atoms with Crippen LogP contribution in [0.1, 0.15) is 17.5 Å². The lowest BCUT2D eigenvalue weighted by Crippen LogP contribution is -2.56. The van der Waals surface area contributed by atoms with E-state index in [1.807, 2.05) is 0 Å². The second kappa shape index (κ2) is 12.9. The molecule has 2 aromatic rings. The van der Waals surface area contributed by atoms with E-state index in [0.717, 1.165) is 0 Å². The van der Waals surface area contributed by atoms with Crippen LogP contribution in [-0.2, 0) is 27.3 Å². The van der Waals surface area contributed by atoms with Crippen LogP contribution in [-0.4, -0.2) is 72.3 Å². The standard InChI is InChI=1S/C27H29F2N3O6/c1-3-12-38-26(36)31-21(14-18-8-5-4-6-9-18)23(33)25(35)32-17-27(28,29)15-22(32)24(34)30-16-19-10-7-11-20(13-19)37-2/h1,4-11,13,21-23,33H,12,14-17H2,2H3,(H,30,34)(H,31,36)/t21-,22-,23-/m0/s1. The smallest absolute Gasteiger partial charge is 0.408 e. The quantitative estimate of drug-likeness (QED) is 0.405. The number of likely N-dealkylation sites (tertiary alicyclic amines) is 1. The summed E-state index contributed by atoms with van der Waals surface area (Å²) >= 11 is 0. The summed E-state index contributed by atoms with van der Waals surface area (Å²) in [7, 11) is 1.49. The van der Waals surface area contributed by atoms with Crippen LogP contribution in [0.25, 0.3) is 0 Å². The van der Waals surface area contributed by atoms with Gasteiger partial charge in [0.05, 0.1) is 19.7 Å². The van der Waals surface area contributed by atoms with Crippen molar-refractivity contribution in [2.24, 2.45) is 0 Å². The number of carbonyl (C=O) groups excluding carboxylic acids is 3. The van der Waals surface area contributed by atoms with Crippen molar-refractivity contribution in [2.75, 3.05) is 20.3 Å². The molecule has 3 rings (SSSR count). The van der Waals surface area contributed by atoms with E-state index >= 15 is 0 Å². The number of amides is 3. The number of hydrogen-bond acceptors (Lipinski definition) is 6. The molecule has 3 amide bonds.